The molecule has 0 radical (unpaired) electrons. The summed E-state index contributed by atoms with van der Waals surface area (Å²) in [7, 11) is 0. The normalized spacial score (nSPS) is 9.91. The van der Waals surface area contributed by atoms with E-state index in [9.17, 15) is 14.0 Å². The van der Waals surface area contributed by atoms with Crippen molar-refractivity contribution in [2.45, 2.75) is 13.5 Å². The second kappa shape index (κ2) is 7.21. The van der Waals surface area contributed by atoms with Crippen LogP contribution in [0.25, 0.3) is 0 Å². The van der Waals surface area contributed by atoms with E-state index in [1.54, 1.807) is 42.5 Å². The number of nitrogens with one attached hydrogen (secondary N) is 3. The Morgan fingerprint density at radius 2 is 1.55 bits per heavy atom. The summed E-state index contributed by atoms with van der Waals surface area (Å²) < 4.78 is 13.4. The van der Waals surface area contributed by atoms with Gasteiger partial charge in [0.1, 0.15) is 5.82 Å². The van der Waals surface area contributed by atoms with E-state index in [1.165, 1.54) is 13.0 Å². The van der Waals surface area contributed by atoms with E-state index in [-0.39, 0.29) is 18.3 Å². The Balaban J connectivity index is 1.87. The number of halogens is 1. The molecule has 0 aliphatic heterocycles. The highest BCUT2D eigenvalue weighted by molar-refractivity contribution is 5.91. The van der Waals surface area contributed by atoms with Crippen molar-refractivity contribution in [3.63, 3.8) is 0 Å². The smallest absolute Gasteiger partial charge is 0.319 e. The summed E-state index contributed by atoms with van der Waals surface area (Å²) in [4.78, 5) is 22.6. The van der Waals surface area contributed by atoms with Crippen LogP contribution in [-0.4, -0.2) is 11.9 Å². The van der Waals surface area contributed by atoms with E-state index < -0.39 is 6.03 Å². The number of carbonyl (C=O) groups is 2. The van der Waals surface area contributed by atoms with Gasteiger partial charge in [0.05, 0.1) is 0 Å². The van der Waals surface area contributed by atoms with Gasteiger partial charge in [-0.15, -0.1) is 0 Å². The monoisotopic (exact) mass is 301 g/mol. The maximum atomic E-state index is 13.4. The van der Waals surface area contributed by atoms with Gasteiger partial charge in [-0.25, -0.2) is 9.18 Å². The number of hydrogen-bond donors (Lipinski definition) is 3. The zero-order valence-corrected chi connectivity index (χ0v) is 12.0. The highest BCUT2D eigenvalue weighted by atomic mass is 19.1. The lowest BCUT2D eigenvalue weighted by molar-refractivity contribution is -0.114. The maximum absolute atomic E-state index is 13.4. The van der Waals surface area contributed by atoms with Crippen molar-refractivity contribution in [3.8, 4) is 0 Å². The fourth-order valence-electron chi connectivity index (χ4n) is 1.83. The summed E-state index contributed by atoms with van der Waals surface area (Å²) in [5, 5.41) is 7.83. The molecule has 0 aromatic heterocycles. The number of hydrogen-bond acceptors (Lipinski definition) is 2. The van der Waals surface area contributed by atoms with Gasteiger partial charge in [-0.05, 0) is 30.3 Å². The molecule has 0 atom stereocenters. The molecule has 0 aliphatic carbocycles. The molecule has 0 saturated heterocycles. The third-order valence-corrected chi connectivity index (χ3v) is 2.86. The highest BCUT2D eigenvalue weighted by Crippen LogP contribution is 2.13. The van der Waals surface area contributed by atoms with Crippen molar-refractivity contribution in [1.29, 1.82) is 0 Å². The van der Waals surface area contributed by atoms with Gasteiger partial charge in [0.15, 0.2) is 0 Å². The molecule has 0 heterocycles. The first-order valence-corrected chi connectivity index (χ1v) is 6.70. The van der Waals surface area contributed by atoms with Gasteiger partial charge in [-0.3, -0.25) is 4.79 Å². The molecule has 0 spiro atoms. The molecule has 0 saturated carbocycles. The number of benzene rings is 2. The molecule has 22 heavy (non-hydrogen) atoms. The predicted octanol–water partition coefficient (Wildman–Crippen LogP) is 3.11. The number of rotatable bonds is 4. The molecule has 3 amide bonds. The lowest BCUT2D eigenvalue weighted by Gasteiger charge is -2.09. The van der Waals surface area contributed by atoms with Crippen LogP contribution in [0.2, 0.25) is 0 Å². The zero-order chi connectivity index (χ0) is 15.9. The molecule has 0 bridgehead atoms. The Labute approximate surface area is 127 Å². The first kappa shape index (κ1) is 15.5. The van der Waals surface area contributed by atoms with Gasteiger partial charge in [-0.1, -0.05) is 18.2 Å². The van der Waals surface area contributed by atoms with Crippen molar-refractivity contribution in [1.82, 2.24) is 5.32 Å². The average Bonchev–Trinajstić information content (AvgIpc) is 2.48. The highest BCUT2D eigenvalue weighted by Gasteiger charge is 2.05. The van der Waals surface area contributed by atoms with Gasteiger partial charge in [0.25, 0.3) is 0 Å². The van der Waals surface area contributed by atoms with Crippen LogP contribution >= 0.6 is 0 Å². The SMILES string of the molecule is CC(=O)Nc1ccc(NC(=O)NCc2ccccc2F)cc1. The number of anilines is 2. The van der Waals surface area contributed by atoms with Crippen molar-refractivity contribution in [3.05, 3.63) is 59.9 Å². The van der Waals surface area contributed by atoms with Crippen molar-refractivity contribution in [2.75, 3.05) is 10.6 Å². The second-order valence-corrected chi connectivity index (χ2v) is 4.66. The van der Waals surface area contributed by atoms with Gasteiger partial charge < -0.3 is 16.0 Å². The number of carbonyl (C=O) groups excluding carboxylic acids is 2. The fourth-order valence-corrected chi connectivity index (χ4v) is 1.83. The van der Waals surface area contributed by atoms with E-state index in [4.69, 9.17) is 0 Å². The van der Waals surface area contributed by atoms with Crippen LogP contribution in [0.4, 0.5) is 20.6 Å². The molecule has 114 valence electrons. The van der Waals surface area contributed by atoms with Crippen LogP contribution in [0.1, 0.15) is 12.5 Å². The van der Waals surface area contributed by atoms with Crippen LogP contribution in [0.3, 0.4) is 0 Å². The summed E-state index contributed by atoms with van der Waals surface area (Å²) >= 11 is 0. The van der Waals surface area contributed by atoms with E-state index in [0.717, 1.165) is 0 Å². The Kier molecular flexibility index (Phi) is 5.08. The fraction of sp³-hybridized carbons (Fsp3) is 0.125. The van der Waals surface area contributed by atoms with Crippen LogP contribution in [-0.2, 0) is 11.3 Å². The van der Waals surface area contributed by atoms with E-state index in [1.807, 2.05) is 0 Å². The third-order valence-electron chi connectivity index (χ3n) is 2.86. The molecule has 0 fully saturated rings. The topological polar surface area (TPSA) is 70.2 Å². The minimum absolute atomic E-state index is 0.0997. The Bertz CT molecular complexity index is 671. The standard InChI is InChI=1S/C16H16FN3O2/c1-11(21)19-13-6-8-14(9-7-13)20-16(22)18-10-12-4-2-3-5-15(12)17/h2-9H,10H2,1H3,(H,19,21)(H2,18,20,22). The molecule has 0 unspecified atom stereocenters. The molecule has 5 nitrogen and oxygen atoms in total. The Morgan fingerprint density at radius 3 is 2.14 bits per heavy atom. The van der Waals surface area contributed by atoms with E-state index >= 15 is 0 Å². The molecule has 2 aromatic carbocycles. The molecule has 6 heteroatoms. The lowest BCUT2D eigenvalue weighted by atomic mass is 10.2. The van der Waals surface area contributed by atoms with Crippen LogP contribution < -0.4 is 16.0 Å². The average molecular weight is 301 g/mol. The number of amides is 3. The molecule has 2 aromatic rings. The van der Waals surface area contributed by atoms with Crippen LogP contribution in [0, 0.1) is 5.82 Å². The van der Waals surface area contributed by atoms with Crippen molar-refractivity contribution in [2.24, 2.45) is 0 Å². The van der Waals surface area contributed by atoms with Gasteiger partial charge >= 0.3 is 6.03 Å². The van der Waals surface area contributed by atoms with Gasteiger partial charge in [0, 0.05) is 30.4 Å². The van der Waals surface area contributed by atoms with Crippen LogP contribution in [0.5, 0.6) is 0 Å². The predicted molar refractivity (Wildman–Crippen MR) is 83.0 cm³/mol. The van der Waals surface area contributed by atoms with E-state index in [2.05, 4.69) is 16.0 Å². The summed E-state index contributed by atoms with van der Waals surface area (Å²) in [5.41, 5.74) is 1.63. The molecule has 0 aliphatic rings. The van der Waals surface area contributed by atoms with Gasteiger partial charge in [-0.2, -0.15) is 0 Å². The Hall–Kier alpha value is -2.89. The molecular weight excluding hydrogens is 285 g/mol. The quantitative estimate of drug-likeness (QED) is 0.812. The van der Waals surface area contributed by atoms with Gasteiger partial charge in [0.2, 0.25) is 5.91 Å². The maximum Gasteiger partial charge on any atom is 0.319 e. The summed E-state index contributed by atoms with van der Waals surface area (Å²) in [6.07, 6.45) is 0. The third kappa shape index (κ3) is 4.59. The zero-order valence-electron chi connectivity index (χ0n) is 12.0. The van der Waals surface area contributed by atoms with Crippen molar-refractivity contribution >= 4 is 23.3 Å². The second-order valence-electron chi connectivity index (χ2n) is 4.66. The molecule has 3 N–H and O–H groups in total. The van der Waals surface area contributed by atoms with Crippen LogP contribution in [0.15, 0.2) is 48.5 Å². The lowest BCUT2D eigenvalue weighted by Crippen LogP contribution is -2.28. The first-order valence-electron chi connectivity index (χ1n) is 6.70. The largest absolute Gasteiger partial charge is 0.334 e. The summed E-state index contributed by atoms with van der Waals surface area (Å²) in [6, 6.07) is 12.5. The minimum atomic E-state index is -0.435. The van der Waals surface area contributed by atoms with E-state index in [0.29, 0.717) is 16.9 Å². The number of urea groups is 1. The summed E-state index contributed by atoms with van der Waals surface area (Å²) in [5.74, 6) is -0.522. The molecule has 2 rings (SSSR count). The Morgan fingerprint density at radius 1 is 0.955 bits per heavy atom. The summed E-state index contributed by atoms with van der Waals surface area (Å²) in [6.45, 7) is 1.52. The molecular formula is C16H16FN3O2. The first-order chi connectivity index (χ1) is 10.5. The van der Waals surface area contributed by atoms with Crippen molar-refractivity contribution < 1.29 is 14.0 Å². The minimum Gasteiger partial charge on any atom is -0.334 e.